The van der Waals surface area contributed by atoms with Gasteiger partial charge < -0.3 is 0 Å². The maximum Gasteiger partial charge on any atom is 0.164 e. The van der Waals surface area contributed by atoms with Crippen LogP contribution >= 0.6 is 0 Å². The topological polar surface area (TPSA) is 88.2 Å². The Morgan fingerprint density at radius 2 is 0.925 bits per heavy atom. The van der Waals surface area contributed by atoms with Gasteiger partial charge in [0.1, 0.15) is 0 Å². The fraction of sp³-hybridized carbons (Fsp3) is 0.0638. The van der Waals surface area contributed by atoms with Gasteiger partial charge in [-0.3, -0.25) is 9.97 Å². The van der Waals surface area contributed by atoms with Gasteiger partial charge in [0.2, 0.25) is 0 Å². The Labute approximate surface area is 308 Å². The van der Waals surface area contributed by atoms with Crippen molar-refractivity contribution in [3.63, 3.8) is 0 Å². The van der Waals surface area contributed by atoms with E-state index < -0.39 is 0 Å². The minimum atomic E-state index is -0.266. The molecule has 5 aromatic carbocycles. The number of rotatable bonds is 6. The number of fused-ring (bicyclic) bond motifs is 3. The zero-order chi connectivity index (χ0) is 35.9. The lowest BCUT2D eigenvalue weighted by atomic mass is 9.81. The van der Waals surface area contributed by atoms with Gasteiger partial charge in [0, 0.05) is 52.5 Å². The van der Waals surface area contributed by atoms with E-state index in [0.717, 1.165) is 50.1 Å². The van der Waals surface area contributed by atoms with Crippen molar-refractivity contribution in [3.8, 4) is 84.7 Å². The number of benzene rings is 5. The molecule has 6 heteroatoms. The van der Waals surface area contributed by atoms with Crippen LogP contribution in [0, 0.1) is 11.3 Å². The first-order chi connectivity index (χ1) is 25.9. The van der Waals surface area contributed by atoms with Crippen molar-refractivity contribution in [1.29, 1.82) is 5.26 Å². The van der Waals surface area contributed by atoms with E-state index in [4.69, 9.17) is 15.0 Å². The van der Waals surface area contributed by atoms with E-state index in [2.05, 4.69) is 109 Å². The molecule has 6 nitrogen and oxygen atoms in total. The Hall–Kier alpha value is -7.10. The molecule has 0 aliphatic heterocycles. The van der Waals surface area contributed by atoms with Gasteiger partial charge in [-0.2, -0.15) is 5.26 Å². The molecule has 0 amide bonds. The van der Waals surface area contributed by atoms with E-state index in [1.807, 2.05) is 67.0 Å². The highest BCUT2D eigenvalue weighted by Crippen LogP contribution is 2.50. The molecule has 0 radical (unpaired) electrons. The SMILES string of the molecule is CC1(C)c2cc(C#N)ccc2-c2ccc(-c3cc(-c4cccnc4)cc(-c4nc(-c5ccccc5)nc(-c5ccc(-c6cccnc6)cc5)n4)c3)cc21. The second-order valence-corrected chi connectivity index (χ2v) is 13.8. The number of pyridine rings is 2. The molecule has 0 saturated heterocycles. The Morgan fingerprint density at radius 3 is 1.55 bits per heavy atom. The van der Waals surface area contributed by atoms with Gasteiger partial charge in [-0.25, -0.2) is 15.0 Å². The van der Waals surface area contributed by atoms with Crippen LogP contribution in [0.5, 0.6) is 0 Å². The summed E-state index contributed by atoms with van der Waals surface area (Å²) in [7, 11) is 0. The zero-order valence-electron chi connectivity index (χ0n) is 29.2. The third-order valence-corrected chi connectivity index (χ3v) is 10.1. The van der Waals surface area contributed by atoms with Crippen LogP contribution in [0.25, 0.3) is 78.7 Å². The van der Waals surface area contributed by atoms with Crippen molar-refractivity contribution in [2.75, 3.05) is 0 Å². The van der Waals surface area contributed by atoms with E-state index in [1.54, 1.807) is 12.4 Å². The van der Waals surface area contributed by atoms with Crippen LogP contribution in [0.2, 0.25) is 0 Å². The summed E-state index contributed by atoms with van der Waals surface area (Å²) < 4.78 is 0. The number of nitriles is 1. The Bertz CT molecular complexity index is 2680. The molecule has 3 heterocycles. The average Bonchev–Trinajstić information content (AvgIpc) is 3.46. The van der Waals surface area contributed by atoms with Gasteiger partial charge in [-0.1, -0.05) is 98.8 Å². The molecule has 0 unspecified atom stereocenters. The molecule has 53 heavy (non-hydrogen) atoms. The van der Waals surface area contributed by atoms with Crippen molar-refractivity contribution in [2.45, 2.75) is 19.3 Å². The molecule has 1 aliphatic rings. The van der Waals surface area contributed by atoms with E-state index >= 15 is 0 Å². The highest BCUT2D eigenvalue weighted by molar-refractivity contribution is 5.86. The standard InChI is InChI=1S/C47H32N6/c1-47(2)42-22-30(27-48)12-18-40(42)41-19-17-34(26-43(41)47)37-23-38(36-11-7-21-50-29-36)25-39(24-37)46-52-44(32-8-4-3-5-9-32)51-45(53-46)33-15-13-31(14-16-33)35-10-6-20-49-28-35/h3-26,28-29H,1-2H3. The van der Waals surface area contributed by atoms with Gasteiger partial charge in [0.15, 0.2) is 17.5 Å². The molecule has 0 bridgehead atoms. The summed E-state index contributed by atoms with van der Waals surface area (Å²) in [5.74, 6) is 1.77. The molecule has 0 saturated carbocycles. The predicted octanol–water partition coefficient (Wildman–Crippen LogP) is 10.8. The monoisotopic (exact) mass is 680 g/mol. The average molecular weight is 681 g/mol. The van der Waals surface area contributed by atoms with Crippen LogP contribution < -0.4 is 0 Å². The van der Waals surface area contributed by atoms with Crippen molar-refractivity contribution in [2.24, 2.45) is 0 Å². The lowest BCUT2D eigenvalue weighted by Crippen LogP contribution is -2.15. The zero-order valence-corrected chi connectivity index (χ0v) is 29.2. The maximum atomic E-state index is 9.64. The summed E-state index contributed by atoms with van der Waals surface area (Å²) in [6, 6.07) is 47.9. The van der Waals surface area contributed by atoms with Gasteiger partial charge in [0.05, 0.1) is 11.6 Å². The summed E-state index contributed by atoms with van der Waals surface area (Å²) in [5.41, 5.74) is 14.1. The van der Waals surface area contributed by atoms with Gasteiger partial charge in [0.25, 0.3) is 0 Å². The number of hydrogen-bond acceptors (Lipinski definition) is 6. The molecule has 250 valence electrons. The number of hydrogen-bond donors (Lipinski definition) is 0. The first kappa shape index (κ1) is 31.9. The first-order valence-corrected chi connectivity index (χ1v) is 17.5. The Kier molecular flexibility index (Phi) is 7.75. The Morgan fingerprint density at radius 1 is 0.434 bits per heavy atom. The maximum absolute atomic E-state index is 9.64. The molecule has 0 spiro atoms. The van der Waals surface area contributed by atoms with Crippen molar-refractivity contribution in [1.82, 2.24) is 24.9 Å². The molecule has 3 aromatic heterocycles. The van der Waals surface area contributed by atoms with Crippen LogP contribution in [0.15, 0.2) is 158 Å². The minimum absolute atomic E-state index is 0.266. The molecule has 9 rings (SSSR count). The smallest absolute Gasteiger partial charge is 0.164 e. The fourth-order valence-electron chi connectivity index (χ4n) is 7.31. The van der Waals surface area contributed by atoms with Crippen LogP contribution in [0.4, 0.5) is 0 Å². The van der Waals surface area contributed by atoms with Crippen molar-refractivity contribution in [3.05, 3.63) is 175 Å². The molecule has 1 aliphatic carbocycles. The third-order valence-electron chi connectivity index (χ3n) is 10.1. The molecule has 8 aromatic rings. The largest absolute Gasteiger partial charge is 0.264 e. The summed E-state index contributed by atoms with van der Waals surface area (Å²) >= 11 is 0. The van der Waals surface area contributed by atoms with Crippen LogP contribution in [-0.2, 0) is 5.41 Å². The van der Waals surface area contributed by atoms with Crippen LogP contribution in [0.1, 0.15) is 30.5 Å². The van der Waals surface area contributed by atoms with E-state index in [0.29, 0.717) is 23.0 Å². The van der Waals surface area contributed by atoms with Gasteiger partial charge in [-0.05, 0) is 98.6 Å². The number of nitrogens with zero attached hydrogens (tertiary/aromatic N) is 6. The van der Waals surface area contributed by atoms with Crippen molar-refractivity contribution < 1.29 is 0 Å². The highest BCUT2D eigenvalue weighted by Gasteiger charge is 2.36. The Balaban J connectivity index is 1.20. The third kappa shape index (κ3) is 5.85. The summed E-state index contributed by atoms with van der Waals surface area (Å²) in [4.78, 5) is 23.9. The quantitative estimate of drug-likeness (QED) is 0.174. The van der Waals surface area contributed by atoms with Gasteiger partial charge in [-0.15, -0.1) is 0 Å². The summed E-state index contributed by atoms with van der Waals surface area (Å²) in [6.45, 7) is 4.47. The second kappa shape index (κ2) is 12.9. The van der Waals surface area contributed by atoms with E-state index in [1.165, 1.54) is 22.3 Å². The van der Waals surface area contributed by atoms with Crippen molar-refractivity contribution >= 4 is 0 Å². The minimum Gasteiger partial charge on any atom is -0.264 e. The van der Waals surface area contributed by atoms with Gasteiger partial charge >= 0.3 is 0 Å². The first-order valence-electron chi connectivity index (χ1n) is 17.5. The lowest BCUT2D eigenvalue weighted by Gasteiger charge is -2.22. The molecular formula is C47H32N6. The highest BCUT2D eigenvalue weighted by atomic mass is 15.0. The van der Waals surface area contributed by atoms with Crippen LogP contribution in [-0.4, -0.2) is 24.9 Å². The normalized spacial score (nSPS) is 12.5. The summed E-state index contributed by atoms with van der Waals surface area (Å²) in [5, 5.41) is 9.64. The predicted molar refractivity (Wildman–Crippen MR) is 210 cm³/mol. The lowest BCUT2D eigenvalue weighted by molar-refractivity contribution is 0.660. The molecule has 0 N–H and O–H groups in total. The summed E-state index contributed by atoms with van der Waals surface area (Å²) in [6.07, 6.45) is 7.31. The fourth-order valence-corrected chi connectivity index (χ4v) is 7.31. The van der Waals surface area contributed by atoms with E-state index in [-0.39, 0.29) is 5.41 Å². The second-order valence-electron chi connectivity index (χ2n) is 13.8. The number of aromatic nitrogens is 5. The van der Waals surface area contributed by atoms with Crippen LogP contribution in [0.3, 0.4) is 0 Å². The molecular weight excluding hydrogens is 649 g/mol. The van der Waals surface area contributed by atoms with E-state index in [9.17, 15) is 5.26 Å². The molecule has 0 atom stereocenters. The molecule has 0 fully saturated rings.